The lowest BCUT2D eigenvalue weighted by atomic mass is 10.2. The molecule has 0 atom stereocenters. The first-order valence-electron chi connectivity index (χ1n) is 10.9. The van der Waals surface area contributed by atoms with Crippen LogP contribution in [-0.4, -0.2) is 48.1 Å². The van der Waals surface area contributed by atoms with Crippen LogP contribution >= 0.6 is 0 Å². The van der Waals surface area contributed by atoms with Gasteiger partial charge in [0.1, 0.15) is 11.4 Å². The third kappa shape index (κ3) is 4.95. The van der Waals surface area contributed by atoms with Gasteiger partial charge in [-0.1, -0.05) is 0 Å². The van der Waals surface area contributed by atoms with Gasteiger partial charge in [-0.3, -0.25) is 0 Å². The fraction of sp³-hybridized carbons (Fsp3) is 0.167. The number of hydrogen-bond acceptors (Lipinski definition) is 12. The van der Waals surface area contributed by atoms with E-state index in [0.717, 1.165) is 0 Å². The molecule has 0 bridgehead atoms. The SMILES string of the molecule is COC(=O)c1ccc(-[n+]2noc([O-])c2/C(C)=N/N=C(\C)c2c([O-])on[n+]2-c2ccc(C(=O)OC)cc2)cc1. The van der Waals surface area contributed by atoms with Crippen LogP contribution in [-0.2, 0) is 9.47 Å². The molecule has 0 amide bonds. The van der Waals surface area contributed by atoms with Crippen molar-refractivity contribution in [2.75, 3.05) is 14.2 Å². The highest BCUT2D eigenvalue weighted by Gasteiger charge is 2.26. The van der Waals surface area contributed by atoms with E-state index in [4.69, 9.17) is 9.05 Å². The molecule has 0 radical (unpaired) electrons. The van der Waals surface area contributed by atoms with Crippen LogP contribution in [0.5, 0.6) is 11.9 Å². The third-order valence-electron chi connectivity index (χ3n) is 5.32. The zero-order valence-electron chi connectivity index (χ0n) is 20.6. The van der Waals surface area contributed by atoms with Gasteiger partial charge in [-0.05, 0) is 47.5 Å². The van der Waals surface area contributed by atoms with E-state index in [1.807, 2.05) is 0 Å². The molecule has 38 heavy (non-hydrogen) atoms. The first kappa shape index (κ1) is 25.7. The standard InChI is InChI=1S/C24H20N6O8/c1-13(19-23(33)37-27-29(19)17-9-5-15(6-10-17)21(31)35-3)25-26-14(2)20-24(34)38-28-30(20)18-11-7-16(8-12-18)22(32)36-4/h5-12H,1-4H3. The lowest BCUT2D eigenvalue weighted by molar-refractivity contribution is -0.671. The molecule has 0 saturated heterocycles. The maximum absolute atomic E-state index is 12.4. The summed E-state index contributed by atoms with van der Waals surface area (Å²) in [7, 11) is 2.54. The number of carbonyl (C=O) groups is 2. The van der Waals surface area contributed by atoms with E-state index in [2.05, 4.69) is 30.2 Å². The summed E-state index contributed by atoms with van der Waals surface area (Å²) in [5.41, 5.74) is 1.68. The number of hydrogen-bond donors (Lipinski definition) is 0. The van der Waals surface area contributed by atoms with Gasteiger partial charge in [0.25, 0.3) is 11.4 Å². The minimum atomic E-state index is -0.772. The lowest BCUT2D eigenvalue weighted by Crippen LogP contribution is -2.39. The van der Waals surface area contributed by atoms with Crippen LogP contribution in [0.4, 0.5) is 0 Å². The molecular weight excluding hydrogens is 500 g/mol. The minimum absolute atomic E-state index is 0.0219. The van der Waals surface area contributed by atoms with Gasteiger partial charge >= 0.3 is 11.9 Å². The number of benzene rings is 2. The van der Waals surface area contributed by atoms with Crippen molar-refractivity contribution >= 4 is 23.4 Å². The van der Waals surface area contributed by atoms with Crippen LogP contribution in [0.15, 0.2) is 67.8 Å². The lowest BCUT2D eigenvalue weighted by Gasteiger charge is -2.00. The quantitative estimate of drug-likeness (QED) is 0.141. The number of methoxy groups -OCH3 is 2. The maximum Gasteiger partial charge on any atom is 0.337 e. The Morgan fingerprint density at radius 1 is 0.711 bits per heavy atom. The van der Waals surface area contributed by atoms with Crippen molar-refractivity contribution in [3.63, 3.8) is 0 Å². The third-order valence-corrected chi connectivity index (χ3v) is 5.32. The molecule has 2 aromatic heterocycles. The summed E-state index contributed by atoms with van der Waals surface area (Å²) in [6.07, 6.45) is 0. The van der Waals surface area contributed by atoms with Gasteiger partial charge in [0.2, 0.25) is 11.4 Å². The van der Waals surface area contributed by atoms with Crippen LogP contribution in [0, 0.1) is 0 Å². The number of ether oxygens (including phenoxy) is 2. The Morgan fingerprint density at radius 2 is 1.05 bits per heavy atom. The highest BCUT2D eigenvalue weighted by atomic mass is 16.6. The number of rotatable bonds is 7. The zero-order valence-corrected chi connectivity index (χ0v) is 20.6. The van der Waals surface area contributed by atoms with Crippen LogP contribution in [0.3, 0.4) is 0 Å². The van der Waals surface area contributed by atoms with E-state index in [1.165, 1.54) is 61.7 Å². The summed E-state index contributed by atoms with van der Waals surface area (Å²) in [4.78, 5) is 23.4. The Hall–Kier alpha value is -5.40. The number of esters is 2. The topological polar surface area (TPSA) is 183 Å². The second-order valence-electron chi connectivity index (χ2n) is 7.69. The van der Waals surface area contributed by atoms with Crippen molar-refractivity contribution < 1.29 is 47.7 Å². The molecule has 14 nitrogen and oxygen atoms in total. The molecule has 4 rings (SSSR count). The molecule has 194 valence electrons. The highest BCUT2D eigenvalue weighted by Crippen LogP contribution is 2.15. The Bertz CT molecular complexity index is 1430. The van der Waals surface area contributed by atoms with Crippen molar-refractivity contribution in [3.05, 3.63) is 71.0 Å². The maximum atomic E-state index is 12.4. The molecule has 0 aliphatic heterocycles. The summed E-state index contributed by atoms with van der Waals surface area (Å²) in [5.74, 6) is -2.58. The Kier molecular flexibility index (Phi) is 7.23. The van der Waals surface area contributed by atoms with Gasteiger partial charge in [-0.25, -0.2) is 9.59 Å². The molecule has 4 aromatic rings. The van der Waals surface area contributed by atoms with E-state index in [-0.39, 0.29) is 22.8 Å². The monoisotopic (exact) mass is 520 g/mol. The fourth-order valence-corrected chi connectivity index (χ4v) is 3.41. The molecule has 0 aliphatic rings. The predicted octanol–water partition coefficient (Wildman–Crippen LogP) is 0.170. The molecule has 0 spiro atoms. The summed E-state index contributed by atoms with van der Waals surface area (Å²) in [6.45, 7) is 3.02. The van der Waals surface area contributed by atoms with E-state index in [0.29, 0.717) is 22.5 Å². The van der Waals surface area contributed by atoms with Gasteiger partial charge in [-0.15, -0.1) is 10.2 Å². The van der Waals surface area contributed by atoms with E-state index >= 15 is 0 Å². The molecule has 0 unspecified atom stereocenters. The molecule has 0 fully saturated rings. The molecule has 2 aromatic carbocycles. The first-order valence-corrected chi connectivity index (χ1v) is 10.9. The van der Waals surface area contributed by atoms with E-state index < -0.39 is 23.8 Å². The summed E-state index contributed by atoms with van der Waals surface area (Å²) in [5, 5.41) is 40.4. The summed E-state index contributed by atoms with van der Waals surface area (Å²) >= 11 is 0. The molecular formula is C24H20N6O8. The normalized spacial score (nSPS) is 11.9. The van der Waals surface area contributed by atoms with Crippen LogP contribution in [0.25, 0.3) is 11.4 Å². The Labute approximate surface area is 214 Å². The van der Waals surface area contributed by atoms with Crippen molar-refractivity contribution in [1.29, 1.82) is 0 Å². The minimum Gasteiger partial charge on any atom is -0.539 e. The average molecular weight is 520 g/mol. The van der Waals surface area contributed by atoms with E-state index in [1.54, 1.807) is 24.3 Å². The van der Waals surface area contributed by atoms with Gasteiger partial charge in [-0.2, -0.15) is 0 Å². The van der Waals surface area contributed by atoms with E-state index in [9.17, 15) is 19.8 Å². The molecule has 2 heterocycles. The van der Waals surface area contributed by atoms with Gasteiger partial charge in [0.15, 0.2) is 11.9 Å². The van der Waals surface area contributed by atoms with Crippen molar-refractivity contribution in [3.8, 4) is 23.3 Å². The second kappa shape index (κ2) is 10.7. The highest BCUT2D eigenvalue weighted by molar-refractivity contribution is 6.00. The Balaban J connectivity index is 1.65. The second-order valence-corrected chi connectivity index (χ2v) is 7.69. The largest absolute Gasteiger partial charge is 0.539 e. The number of aromatic nitrogens is 4. The molecule has 0 aliphatic carbocycles. The first-order chi connectivity index (χ1) is 18.2. The summed E-state index contributed by atoms with van der Waals surface area (Å²) in [6, 6.07) is 12.2. The predicted molar refractivity (Wildman–Crippen MR) is 122 cm³/mol. The van der Waals surface area contributed by atoms with Crippen molar-refractivity contribution in [2.24, 2.45) is 10.2 Å². The fourth-order valence-electron chi connectivity index (χ4n) is 3.41. The molecule has 14 heteroatoms. The van der Waals surface area contributed by atoms with Crippen molar-refractivity contribution in [1.82, 2.24) is 10.5 Å². The average Bonchev–Trinajstić information content (AvgIpc) is 3.53. The van der Waals surface area contributed by atoms with Gasteiger partial charge < -0.3 is 28.7 Å². The van der Waals surface area contributed by atoms with Crippen LogP contribution in [0.2, 0.25) is 0 Å². The van der Waals surface area contributed by atoms with Gasteiger partial charge in [0.05, 0.1) is 35.9 Å². The zero-order chi connectivity index (χ0) is 27.4. The number of nitrogens with zero attached hydrogens (tertiary/aromatic N) is 6. The number of carbonyl (C=O) groups excluding carboxylic acids is 2. The molecule has 0 saturated carbocycles. The molecule has 0 N–H and O–H groups in total. The van der Waals surface area contributed by atoms with Crippen LogP contribution < -0.4 is 19.6 Å². The van der Waals surface area contributed by atoms with Gasteiger partial charge in [0, 0.05) is 24.3 Å². The van der Waals surface area contributed by atoms with Crippen LogP contribution in [0.1, 0.15) is 46.0 Å². The Morgan fingerprint density at radius 3 is 1.37 bits per heavy atom. The summed E-state index contributed by atoms with van der Waals surface area (Å²) < 4.78 is 21.4. The smallest absolute Gasteiger partial charge is 0.337 e. The van der Waals surface area contributed by atoms with Crippen molar-refractivity contribution in [2.45, 2.75) is 13.8 Å².